The third-order valence-corrected chi connectivity index (χ3v) is 2.46. The zero-order valence-electron chi connectivity index (χ0n) is 7.75. The standard InChI is InChI=1S/C8H8F3NO2S/c1-15(13,14)5-6-4-12-3-2-7(6)8(9,10)11/h2-4H,5H2,1H3. The summed E-state index contributed by atoms with van der Waals surface area (Å²) in [5.41, 5.74) is -1.28. The van der Waals surface area contributed by atoms with E-state index in [1.165, 1.54) is 0 Å². The van der Waals surface area contributed by atoms with Crippen LogP contribution in [0.25, 0.3) is 0 Å². The van der Waals surface area contributed by atoms with Crippen LogP contribution in [0, 0.1) is 0 Å². The van der Waals surface area contributed by atoms with Gasteiger partial charge in [0.25, 0.3) is 0 Å². The number of nitrogens with zero attached hydrogens (tertiary/aromatic N) is 1. The second kappa shape index (κ2) is 3.80. The normalized spacial score (nSPS) is 12.8. The summed E-state index contributed by atoms with van der Waals surface area (Å²) in [4.78, 5) is 3.48. The number of hydrogen-bond acceptors (Lipinski definition) is 3. The van der Waals surface area contributed by atoms with Gasteiger partial charge in [-0.3, -0.25) is 4.98 Å². The first-order valence-electron chi connectivity index (χ1n) is 3.88. The van der Waals surface area contributed by atoms with Crippen molar-refractivity contribution in [3.8, 4) is 0 Å². The molecule has 15 heavy (non-hydrogen) atoms. The Bertz CT molecular complexity index is 453. The molecule has 0 saturated carbocycles. The van der Waals surface area contributed by atoms with E-state index in [0.29, 0.717) is 0 Å². The zero-order chi connectivity index (χ0) is 11.7. The Labute approximate surface area is 84.9 Å². The second-order valence-electron chi connectivity index (χ2n) is 3.10. The van der Waals surface area contributed by atoms with E-state index < -0.39 is 27.3 Å². The van der Waals surface area contributed by atoms with Crippen molar-refractivity contribution in [3.63, 3.8) is 0 Å². The highest BCUT2D eigenvalue weighted by Gasteiger charge is 2.33. The smallest absolute Gasteiger partial charge is 0.264 e. The SMILES string of the molecule is CS(=O)(=O)Cc1cnccc1C(F)(F)F. The van der Waals surface area contributed by atoms with Gasteiger partial charge in [0.15, 0.2) is 9.84 Å². The predicted molar refractivity (Wildman–Crippen MR) is 47.8 cm³/mol. The Morgan fingerprint density at radius 2 is 2.00 bits per heavy atom. The average Bonchev–Trinajstić information content (AvgIpc) is 1.99. The number of alkyl halides is 3. The number of aromatic nitrogens is 1. The van der Waals surface area contributed by atoms with Crippen LogP contribution in [0.3, 0.4) is 0 Å². The Morgan fingerprint density at radius 3 is 2.47 bits per heavy atom. The molecule has 7 heteroatoms. The predicted octanol–water partition coefficient (Wildman–Crippen LogP) is 1.65. The molecule has 0 saturated heterocycles. The van der Waals surface area contributed by atoms with Crippen molar-refractivity contribution in [2.75, 3.05) is 6.26 Å². The molecule has 0 N–H and O–H groups in total. The Morgan fingerprint density at radius 1 is 1.40 bits per heavy atom. The summed E-state index contributed by atoms with van der Waals surface area (Å²) in [6, 6.07) is 0.764. The Kier molecular flexibility index (Phi) is 3.03. The van der Waals surface area contributed by atoms with Crippen LogP contribution < -0.4 is 0 Å². The molecule has 0 unspecified atom stereocenters. The third-order valence-electron chi connectivity index (χ3n) is 1.63. The van der Waals surface area contributed by atoms with Gasteiger partial charge in [0.05, 0.1) is 11.3 Å². The molecular weight excluding hydrogens is 231 g/mol. The summed E-state index contributed by atoms with van der Waals surface area (Å²) >= 11 is 0. The van der Waals surface area contributed by atoms with E-state index in [9.17, 15) is 21.6 Å². The molecule has 0 aromatic carbocycles. The summed E-state index contributed by atoms with van der Waals surface area (Å²) in [7, 11) is -3.50. The van der Waals surface area contributed by atoms with Crippen LogP contribution in [0.15, 0.2) is 18.5 Å². The molecule has 1 aromatic heterocycles. The molecular formula is C8H8F3NO2S. The molecule has 3 nitrogen and oxygen atoms in total. The van der Waals surface area contributed by atoms with Gasteiger partial charge < -0.3 is 0 Å². The summed E-state index contributed by atoms with van der Waals surface area (Å²) in [6.45, 7) is 0. The van der Waals surface area contributed by atoms with E-state index in [-0.39, 0.29) is 5.56 Å². The fourth-order valence-electron chi connectivity index (χ4n) is 1.10. The zero-order valence-corrected chi connectivity index (χ0v) is 8.56. The molecule has 1 heterocycles. The van der Waals surface area contributed by atoms with Crippen molar-refractivity contribution in [1.82, 2.24) is 4.98 Å². The van der Waals surface area contributed by atoms with Gasteiger partial charge in [-0.25, -0.2) is 8.42 Å². The number of sulfone groups is 1. The second-order valence-corrected chi connectivity index (χ2v) is 5.24. The van der Waals surface area contributed by atoms with E-state index in [2.05, 4.69) is 4.98 Å². The molecule has 0 bridgehead atoms. The number of pyridine rings is 1. The molecule has 84 valence electrons. The van der Waals surface area contributed by atoms with Gasteiger partial charge in [-0.1, -0.05) is 0 Å². The lowest BCUT2D eigenvalue weighted by atomic mass is 10.1. The maximum atomic E-state index is 12.4. The quantitative estimate of drug-likeness (QED) is 0.788. The largest absolute Gasteiger partial charge is 0.416 e. The van der Waals surface area contributed by atoms with Crippen LogP contribution in [-0.4, -0.2) is 19.7 Å². The summed E-state index contributed by atoms with van der Waals surface area (Å²) in [6.07, 6.45) is -1.78. The highest BCUT2D eigenvalue weighted by Crippen LogP contribution is 2.31. The van der Waals surface area contributed by atoms with Crippen LogP contribution in [-0.2, 0) is 21.8 Å². The van der Waals surface area contributed by atoms with Gasteiger partial charge in [-0.15, -0.1) is 0 Å². The molecule has 0 aliphatic rings. The average molecular weight is 239 g/mol. The van der Waals surface area contributed by atoms with Crippen molar-refractivity contribution >= 4 is 9.84 Å². The van der Waals surface area contributed by atoms with Crippen LogP contribution in [0.4, 0.5) is 13.2 Å². The molecule has 0 radical (unpaired) electrons. The molecule has 0 fully saturated rings. The minimum absolute atomic E-state index is 0.326. The number of hydrogen-bond donors (Lipinski definition) is 0. The first-order chi connectivity index (χ1) is 6.70. The van der Waals surface area contributed by atoms with E-state index >= 15 is 0 Å². The van der Waals surface area contributed by atoms with Crippen LogP contribution >= 0.6 is 0 Å². The fourth-order valence-corrected chi connectivity index (χ4v) is 1.90. The van der Waals surface area contributed by atoms with Crippen LogP contribution in [0.1, 0.15) is 11.1 Å². The first-order valence-corrected chi connectivity index (χ1v) is 5.94. The van der Waals surface area contributed by atoms with Crippen molar-refractivity contribution in [2.24, 2.45) is 0 Å². The highest BCUT2D eigenvalue weighted by molar-refractivity contribution is 7.89. The molecule has 0 aliphatic carbocycles. The summed E-state index contributed by atoms with van der Waals surface area (Å²) < 4.78 is 59.0. The number of halogens is 3. The first kappa shape index (κ1) is 12.0. The molecule has 0 aliphatic heterocycles. The third kappa shape index (κ3) is 3.50. The van der Waals surface area contributed by atoms with Crippen molar-refractivity contribution in [2.45, 2.75) is 11.9 Å². The highest BCUT2D eigenvalue weighted by atomic mass is 32.2. The Hall–Kier alpha value is -1.11. The van der Waals surface area contributed by atoms with E-state index in [4.69, 9.17) is 0 Å². The van der Waals surface area contributed by atoms with Crippen molar-refractivity contribution < 1.29 is 21.6 Å². The maximum Gasteiger partial charge on any atom is 0.416 e. The van der Waals surface area contributed by atoms with E-state index in [0.717, 1.165) is 24.7 Å². The summed E-state index contributed by atoms with van der Waals surface area (Å²) in [5, 5.41) is 0. The lowest BCUT2D eigenvalue weighted by molar-refractivity contribution is -0.138. The molecule has 0 amide bonds. The van der Waals surface area contributed by atoms with Gasteiger partial charge in [-0.2, -0.15) is 13.2 Å². The Balaban J connectivity index is 3.19. The van der Waals surface area contributed by atoms with E-state index in [1.54, 1.807) is 0 Å². The molecule has 0 spiro atoms. The lowest BCUT2D eigenvalue weighted by Gasteiger charge is -2.10. The number of rotatable bonds is 2. The minimum Gasteiger partial charge on any atom is -0.264 e. The summed E-state index contributed by atoms with van der Waals surface area (Å²) in [5.74, 6) is -0.657. The molecule has 1 rings (SSSR count). The van der Waals surface area contributed by atoms with Gasteiger partial charge >= 0.3 is 6.18 Å². The molecule has 1 aromatic rings. The van der Waals surface area contributed by atoms with Crippen LogP contribution in [0.5, 0.6) is 0 Å². The van der Waals surface area contributed by atoms with Gasteiger partial charge in [-0.05, 0) is 11.6 Å². The van der Waals surface area contributed by atoms with Gasteiger partial charge in [0.1, 0.15) is 0 Å². The van der Waals surface area contributed by atoms with Crippen LogP contribution in [0.2, 0.25) is 0 Å². The topological polar surface area (TPSA) is 47.0 Å². The lowest BCUT2D eigenvalue weighted by Crippen LogP contribution is -2.12. The monoisotopic (exact) mass is 239 g/mol. The fraction of sp³-hybridized carbons (Fsp3) is 0.375. The van der Waals surface area contributed by atoms with Crippen molar-refractivity contribution in [1.29, 1.82) is 0 Å². The van der Waals surface area contributed by atoms with Gasteiger partial charge in [0.2, 0.25) is 0 Å². The minimum atomic E-state index is -4.55. The van der Waals surface area contributed by atoms with E-state index in [1.807, 2.05) is 0 Å². The maximum absolute atomic E-state index is 12.4. The van der Waals surface area contributed by atoms with Gasteiger partial charge in [0, 0.05) is 18.6 Å². The molecule has 0 atom stereocenters. The van der Waals surface area contributed by atoms with Crippen molar-refractivity contribution in [3.05, 3.63) is 29.6 Å².